The maximum absolute atomic E-state index is 12.9. The first-order valence-corrected chi connectivity index (χ1v) is 5.41. The molecular weight excluding hydrogens is 205 g/mol. The van der Waals surface area contributed by atoms with E-state index in [0.29, 0.717) is 18.8 Å². The lowest BCUT2D eigenvalue weighted by molar-refractivity contribution is 0.235. The van der Waals surface area contributed by atoms with Gasteiger partial charge in [-0.2, -0.15) is 5.26 Å². The molecule has 0 aromatic heterocycles. The molecule has 84 valence electrons. The van der Waals surface area contributed by atoms with Crippen LogP contribution in [0.1, 0.15) is 24.8 Å². The molecule has 2 rings (SSSR count). The van der Waals surface area contributed by atoms with E-state index in [4.69, 9.17) is 10.00 Å². The highest BCUT2D eigenvalue weighted by atomic mass is 19.1. The van der Waals surface area contributed by atoms with Crippen LogP contribution in [0.25, 0.3) is 0 Å². The molecule has 1 fully saturated rings. The number of aryl methyl sites for hydroxylation is 1. The van der Waals surface area contributed by atoms with Gasteiger partial charge in [0, 0.05) is 11.8 Å². The first kappa shape index (κ1) is 10.9. The van der Waals surface area contributed by atoms with Gasteiger partial charge in [0.25, 0.3) is 0 Å². The number of ether oxygens (including phenoxy) is 1. The van der Waals surface area contributed by atoms with Crippen LogP contribution in [0.5, 0.6) is 5.75 Å². The average molecular weight is 219 g/mol. The van der Waals surface area contributed by atoms with Crippen molar-refractivity contribution in [3.8, 4) is 11.8 Å². The van der Waals surface area contributed by atoms with Crippen LogP contribution in [0.15, 0.2) is 18.2 Å². The molecule has 0 heterocycles. The number of nitrogens with zero attached hydrogens (tertiary/aromatic N) is 1. The number of hydrogen-bond acceptors (Lipinski definition) is 2. The lowest BCUT2D eigenvalue weighted by Gasteiger charge is -2.14. The van der Waals surface area contributed by atoms with Gasteiger partial charge in [-0.3, -0.25) is 0 Å². The van der Waals surface area contributed by atoms with Gasteiger partial charge in [0.2, 0.25) is 0 Å². The zero-order valence-electron chi connectivity index (χ0n) is 9.29. The molecule has 1 saturated carbocycles. The Bertz CT molecular complexity index is 432. The van der Waals surface area contributed by atoms with Crippen molar-refractivity contribution < 1.29 is 9.13 Å². The largest absolute Gasteiger partial charge is 0.493 e. The van der Waals surface area contributed by atoms with Crippen molar-refractivity contribution >= 4 is 0 Å². The van der Waals surface area contributed by atoms with Crippen molar-refractivity contribution in [1.82, 2.24) is 0 Å². The maximum atomic E-state index is 12.9. The predicted molar refractivity (Wildman–Crippen MR) is 58.5 cm³/mol. The molecule has 1 aromatic rings. The van der Waals surface area contributed by atoms with Gasteiger partial charge in [0.05, 0.1) is 12.7 Å². The Balaban J connectivity index is 1.98. The van der Waals surface area contributed by atoms with E-state index in [1.54, 1.807) is 6.07 Å². The summed E-state index contributed by atoms with van der Waals surface area (Å²) in [5.41, 5.74) is 0.864. The molecule has 2 nitrogen and oxygen atoms in total. The SMILES string of the molecule is Cc1cc(F)ccc1OCC1(CC#N)CC1. The highest BCUT2D eigenvalue weighted by molar-refractivity contribution is 5.32. The molecule has 0 unspecified atom stereocenters. The van der Waals surface area contributed by atoms with Crippen LogP contribution in [0.4, 0.5) is 4.39 Å². The second-order valence-corrected chi connectivity index (χ2v) is 4.53. The molecule has 1 aromatic carbocycles. The van der Waals surface area contributed by atoms with Gasteiger partial charge in [-0.05, 0) is 43.5 Å². The molecule has 0 spiro atoms. The summed E-state index contributed by atoms with van der Waals surface area (Å²) in [7, 11) is 0. The molecule has 1 aliphatic carbocycles. The molecule has 0 amide bonds. The summed E-state index contributed by atoms with van der Waals surface area (Å²) in [5, 5.41) is 8.67. The van der Waals surface area contributed by atoms with Gasteiger partial charge in [-0.15, -0.1) is 0 Å². The summed E-state index contributed by atoms with van der Waals surface area (Å²) in [5.74, 6) is 0.466. The van der Waals surface area contributed by atoms with Crippen molar-refractivity contribution in [2.45, 2.75) is 26.2 Å². The van der Waals surface area contributed by atoms with Crippen molar-refractivity contribution in [3.05, 3.63) is 29.6 Å². The fraction of sp³-hybridized carbons (Fsp3) is 0.462. The number of nitriles is 1. The normalized spacial score (nSPS) is 16.6. The summed E-state index contributed by atoms with van der Waals surface area (Å²) >= 11 is 0. The minimum Gasteiger partial charge on any atom is -0.493 e. The van der Waals surface area contributed by atoms with Crippen molar-refractivity contribution in [2.24, 2.45) is 5.41 Å². The lowest BCUT2D eigenvalue weighted by Crippen LogP contribution is -2.12. The van der Waals surface area contributed by atoms with E-state index >= 15 is 0 Å². The van der Waals surface area contributed by atoms with Gasteiger partial charge >= 0.3 is 0 Å². The smallest absolute Gasteiger partial charge is 0.123 e. The fourth-order valence-corrected chi connectivity index (χ4v) is 1.72. The third-order valence-corrected chi connectivity index (χ3v) is 3.08. The van der Waals surface area contributed by atoms with Gasteiger partial charge < -0.3 is 4.74 Å². The Hall–Kier alpha value is -1.56. The Morgan fingerprint density at radius 2 is 2.25 bits per heavy atom. The van der Waals surface area contributed by atoms with Crippen LogP contribution in [-0.4, -0.2) is 6.61 Å². The van der Waals surface area contributed by atoms with Gasteiger partial charge in [0.15, 0.2) is 0 Å². The van der Waals surface area contributed by atoms with E-state index in [1.165, 1.54) is 12.1 Å². The highest BCUT2D eigenvalue weighted by Gasteiger charge is 2.43. The first-order chi connectivity index (χ1) is 7.65. The molecule has 3 heteroatoms. The monoisotopic (exact) mass is 219 g/mol. The van der Waals surface area contributed by atoms with Gasteiger partial charge in [-0.25, -0.2) is 4.39 Å². The third kappa shape index (κ3) is 2.33. The molecule has 16 heavy (non-hydrogen) atoms. The number of benzene rings is 1. The Morgan fingerprint density at radius 3 is 2.81 bits per heavy atom. The van der Waals surface area contributed by atoms with Crippen molar-refractivity contribution in [1.29, 1.82) is 5.26 Å². The summed E-state index contributed by atoms with van der Waals surface area (Å²) in [4.78, 5) is 0. The van der Waals surface area contributed by atoms with E-state index in [0.717, 1.165) is 18.4 Å². The molecule has 0 radical (unpaired) electrons. The molecule has 0 N–H and O–H groups in total. The Morgan fingerprint density at radius 1 is 1.50 bits per heavy atom. The molecule has 1 aliphatic rings. The Kier molecular flexibility index (Phi) is 2.82. The van der Waals surface area contributed by atoms with Crippen LogP contribution in [0, 0.1) is 29.5 Å². The number of halogens is 1. The van der Waals surface area contributed by atoms with Crippen LogP contribution in [0.3, 0.4) is 0 Å². The van der Waals surface area contributed by atoms with Crippen LogP contribution >= 0.6 is 0 Å². The van der Waals surface area contributed by atoms with E-state index in [-0.39, 0.29) is 11.2 Å². The topological polar surface area (TPSA) is 33.0 Å². The van der Waals surface area contributed by atoms with E-state index in [9.17, 15) is 4.39 Å². The summed E-state index contributed by atoms with van der Waals surface area (Å²) < 4.78 is 18.5. The average Bonchev–Trinajstić information content (AvgIpc) is 2.98. The van der Waals surface area contributed by atoms with E-state index in [1.807, 2.05) is 6.92 Å². The minimum absolute atomic E-state index is 0.0651. The van der Waals surface area contributed by atoms with Crippen LogP contribution in [-0.2, 0) is 0 Å². The maximum Gasteiger partial charge on any atom is 0.123 e. The first-order valence-electron chi connectivity index (χ1n) is 5.41. The lowest BCUT2D eigenvalue weighted by atomic mass is 10.1. The molecular formula is C13H14FNO. The standard InChI is InChI=1S/C13H14FNO/c1-10-8-11(14)2-3-12(10)16-9-13(4-5-13)6-7-15/h2-3,8H,4-6,9H2,1H3. The molecule has 0 aliphatic heterocycles. The second kappa shape index (κ2) is 4.13. The minimum atomic E-state index is -0.247. The Labute approximate surface area is 94.7 Å². The second-order valence-electron chi connectivity index (χ2n) is 4.53. The molecule has 0 saturated heterocycles. The van der Waals surface area contributed by atoms with Gasteiger partial charge in [-0.1, -0.05) is 0 Å². The van der Waals surface area contributed by atoms with Crippen LogP contribution in [0.2, 0.25) is 0 Å². The van der Waals surface area contributed by atoms with Crippen LogP contribution < -0.4 is 4.74 Å². The van der Waals surface area contributed by atoms with E-state index in [2.05, 4.69) is 6.07 Å². The molecule has 0 bridgehead atoms. The number of hydrogen-bond donors (Lipinski definition) is 0. The highest BCUT2D eigenvalue weighted by Crippen LogP contribution is 2.48. The predicted octanol–water partition coefficient (Wildman–Crippen LogP) is 3.21. The quantitative estimate of drug-likeness (QED) is 0.779. The third-order valence-electron chi connectivity index (χ3n) is 3.08. The summed E-state index contributed by atoms with van der Waals surface area (Å²) in [6.45, 7) is 2.38. The fourth-order valence-electron chi connectivity index (χ4n) is 1.72. The van der Waals surface area contributed by atoms with Crippen molar-refractivity contribution in [3.63, 3.8) is 0 Å². The number of rotatable bonds is 4. The zero-order chi connectivity index (χ0) is 11.6. The van der Waals surface area contributed by atoms with Crippen molar-refractivity contribution in [2.75, 3.05) is 6.61 Å². The summed E-state index contributed by atoms with van der Waals surface area (Å²) in [6, 6.07) is 6.69. The van der Waals surface area contributed by atoms with E-state index < -0.39 is 0 Å². The zero-order valence-corrected chi connectivity index (χ0v) is 9.29. The summed E-state index contributed by atoms with van der Waals surface area (Å²) in [6.07, 6.45) is 2.66. The van der Waals surface area contributed by atoms with Gasteiger partial charge in [0.1, 0.15) is 11.6 Å². The molecule has 0 atom stereocenters.